The van der Waals surface area contributed by atoms with Crippen molar-refractivity contribution in [3.05, 3.63) is 29.8 Å². The lowest BCUT2D eigenvalue weighted by Gasteiger charge is -2.30. The fourth-order valence-electron chi connectivity index (χ4n) is 2.73. The van der Waals surface area contributed by atoms with Gasteiger partial charge in [0.1, 0.15) is 5.75 Å². The first-order valence-corrected chi connectivity index (χ1v) is 9.63. The van der Waals surface area contributed by atoms with E-state index < -0.39 is 0 Å². The molecule has 1 aromatic rings. The van der Waals surface area contributed by atoms with E-state index in [0.717, 1.165) is 31.5 Å². The molecule has 8 heteroatoms. The third kappa shape index (κ3) is 5.08. The molecule has 0 spiro atoms. The Morgan fingerprint density at radius 3 is 2.88 bits per heavy atom. The first kappa shape index (κ1) is 18.4. The Labute approximate surface area is 156 Å². The lowest BCUT2D eigenvalue weighted by atomic mass is 9.99. The Kier molecular flexibility index (Phi) is 6.27. The molecule has 3 rings (SSSR count). The minimum absolute atomic E-state index is 0.00829. The second-order valence-corrected chi connectivity index (χ2v) is 7.34. The van der Waals surface area contributed by atoms with Gasteiger partial charge in [0.25, 0.3) is 5.91 Å². The first-order chi connectivity index (χ1) is 12.6. The third-order valence-corrected chi connectivity index (χ3v) is 5.20. The van der Waals surface area contributed by atoms with E-state index >= 15 is 0 Å². The number of nitrogens with zero attached hydrogens (tertiary/aromatic N) is 3. The van der Waals surface area contributed by atoms with Crippen LogP contribution in [0.4, 0.5) is 0 Å². The van der Waals surface area contributed by atoms with Crippen LogP contribution in [-0.2, 0) is 9.59 Å². The Hall–Kier alpha value is -2.35. The van der Waals surface area contributed by atoms with Crippen LogP contribution in [-0.4, -0.2) is 53.5 Å². The minimum Gasteiger partial charge on any atom is -0.483 e. The van der Waals surface area contributed by atoms with Crippen LogP contribution in [0.2, 0.25) is 0 Å². The van der Waals surface area contributed by atoms with Crippen molar-refractivity contribution in [3.8, 4) is 5.75 Å². The Balaban J connectivity index is 1.57. The number of hydrogen-bond donors (Lipinski definition) is 1. The number of carbonyl (C=O) groups is 2. The predicted octanol–water partition coefficient (Wildman–Crippen LogP) is 1.88. The van der Waals surface area contributed by atoms with Crippen molar-refractivity contribution in [3.63, 3.8) is 0 Å². The van der Waals surface area contributed by atoms with E-state index in [0.29, 0.717) is 22.6 Å². The number of rotatable bonds is 5. The average Bonchev–Trinajstić information content (AvgIpc) is 3.06. The number of benzene rings is 1. The average molecular weight is 374 g/mol. The molecule has 2 aliphatic heterocycles. The summed E-state index contributed by atoms with van der Waals surface area (Å²) in [5, 5.41) is 11.1. The molecule has 0 bridgehead atoms. The summed E-state index contributed by atoms with van der Waals surface area (Å²) in [7, 11) is 0. The molecule has 0 atom stereocenters. The number of carbonyl (C=O) groups excluding carboxylic acids is 2. The molecule has 0 saturated carbocycles. The van der Waals surface area contributed by atoms with Crippen molar-refractivity contribution < 1.29 is 14.3 Å². The van der Waals surface area contributed by atoms with Crippen LogP contribution in [0.3, 0.4) is 0 Å². The molecule has 0 unspecified atom stereocenters. The number of hydrogen-bond acceptors (Lipinski definition) is 6. The Morgan fingerprint density at radius 1 is 1.38 bits per heavy atom. The van der Waals surface area contributed by atoms with Crippen molar-refractivity contribution in [2.75, 3.05) is 25.4 Å². The normalized spacial score (nSPS) is 20.0. The summed E-state index contributed by atoms with van der Waals surface area (Å²) in [5.41, 5.74) is 0.728. The van der Waals surface area contributed by atoms with E-state index in [9.17, 15) is 9.59 Å². The van der Waals surface area contributed by atoms with Crippen molar-refractivity contribution in [2.45, 2.75) is 19.8 Å². The summed E-state index contributed by atoms with van der Waals surface area (Å²) in [5.74, 6) is 1.57. The van der Waals surface area contributed by atoms with Crippen molar-refractivity contribution in [1.82, 2.24) is 10.2 Å². The highest BCUT2D eigenvalue weighted by atomic mass is 32.2. The lowest BCUT2D eigenvalue weighted by Crippen LogP contribution is -2.40. The Bertz CT molecular complexity index is 727. The van der Waals surface area contributed by atoms with Crippen LogP contribution in [0.15, 0.2) is 34.5 Å². The molecule has 2 amide bonds. The summed E-state index contributed by atoms with van der Waals surface area (Å²) >= 11 is 1.31. The van der Waals surface area contributed by atoms with Gasteiger partial charge in [0.05, 0.1) is 12.0 Å². The maximum Gasteiger partial charge on any atom is 0.260 e. The van der Waals surface area contributed by atoms with Gasteiger partial charge in [-0.15, -0.1) is 5.10 Å². The highest BCUT2D eigenvalue weighted by Gasteiger charge is 2.20. The van der Waals surface area contributed by atoms with Gasteiger partial charge in [-0.1, -0.05) is 30.8 Å². The van der Waals surface area contributed by atoms with Gasteiger partial charge in [0.2, 0.25) is 5.91 Å². The molecule has 0 aliphatic carbocycles. The zero-order valence-corrected chi connectivity index (χ0v) is 15.5. The summed E-state index contributed by atoms with van der Waals surface area (Å²) in [4.78, 5) is 25.3. The van der Waals surface area contributed by atoms with Crippen LogP contribution >= 0.6 is 11.8 Å². The molecule has 2 saturated heterocycles. The van der Waals surface area contributed by atoms with Crippen LogP contribution in [0.5, 0.6) is 5.75 Å². The largest absolute Gasteiger partial charge is 0.483 e. The van der Waals surface area contributed by atoms with Crippen LogP contribution in [0, 0.1) is 5.92 Å². The molecule has 2 fully saturated rings. The van der Waals surface area contributed by atoms with Gasteiger partial charge in [0.15, 0.2) is 11.8 Å². The highest BCUT2D eigenvalue weighted by molar-refractivity contribution is 8.15. The quantitative estimate of drug-likeness (QED) is 0.630. The lowest BCUT2D eigenvalue weighted by molar-refractivity contribution is -0.134. The van der Waals surface area contributed by atoms with Crippen LogP contribution in [0.1, 0.15) is 25.3 Å². The number of amidine groups is 1. The summed E-state index contributed by atoms with van der Waals surface area (Å²) < 4.78 is 5.71. The maximum absolute atomic E-state index is 12.3. The van der Waals surface area contributed by atoms with Crippen LogP contribution in [0.25, 0.3) is 0 Å². The molecular weight excluding hydrogens is 352 g/mol. The third-order valence-electron chi connectivity index (χ3n) is 4.34. The van der Waals surface area contributed by atoms with E-state index in [2.05, 4.69) is 22.4 Å². The number of amides is 2. The minimum atomic E-state index is -0.0710. The van der Waals surface area contributed by atoms with Gasteiger partial charge in [-0.3, -0.25) is 9.59 Å². The van der Waals surface area contributed by atoms with Crippen molar-refractivity contribution in [1.29, 1.82) is 0 Å². The number of likely N-dealkylation sites (tertiary alicyclic amines) is 1. The first-order valence-electron chi connectivity index (χ1n) is 8.65. The molecule has 7 nitrogen and oxygen atoms in total. The zero-order valence-electron chi connectivity index (χ0n) is 14.7. The second-order valence-electron chi connectivity index (χ2n) is 6.38. The number of ether oxygens (including phenoxy) is 1. The standard InChI is InChI=1S/C18H22N4O3S/c1-13-6-8-22(9-7-13)17(24)11-25-15-5-3-2-4-14(15)10-19-21-18-20-16(23)12-26-18/h2-5,10,13H,6-9,11-12H2,1H3,(H,20,21,23). The van der Waals surface area contributed by atoms with Gasteiger partial charge >= 0.3 is 0 Å². The molecule has 1 aromatic carbocycles. The second kappa shape index (κ2) is 8.84. The van der Waals surface area contributed by atoms with Crippen LogP contribution < -0.4 is 10.1 Å². The van der Waals surface area contributed by atoms with Crippen molar-refractivity contribution in [2.24, 2.45) is 16.1 Å². The smallest absolute Gasteiger partial charge is 0.260 e. The summed E-state index contributed by atoms with van der Waals surface area (Å²) in [6.45, 7) is 3.83. The number of para-hydroxylation sites is 1. The molecule has 26 heavy (non-hydrogen) atoms. The molecule has 138 valence electrons. The highest BCUT2D eigenvalue weighted by Crippen LogP contribution is 2.18. The predicted molar refractivity (Wildman–Crippen MR) is 103 cm³/mol. The molecule has 0 aromatic heterocycles. The fraction of sp³-hybridized carbons (Fsp3) is 0.444. The van der Waals surface area contributed by atoms with Gasteiger partial charge in [-0.25, -0.2) is 0 Å². The Morgan fingerprint density at radius 2 is 2.15 bits per heavy atom. The van der Waals surface area contributed by atoms with E-state index in [-0.39, 0.29) is 18.4 Å². The molecular formula is C18H22N4O3S. The van der Waals surface area contributed by atoms with Crippen molar-refractivity contribution >= 4 is 35.0 Å². The number of nitrogens with one attached hydrogen (secondary N) is 1. The van der Waals surface area contributed by atoms with Gasteiger partial charge < -0.3 is 15.0 Å². The fourth-order valence-corrected chi connectivity index (χ4v) is 3.36. The zero-order chi connectivity index (χ0) is 18.4. The number of piperidine rings is 1. The molecule has 0 radical (unpaired) electrons. The van der Waals surface area contributed by atoms with Gasteiger partial charge in [-0.2, -0.15) is 5.10 Å². The number of thioether (sulfide) groups is 1. The topological polar surface area (TPSA) is 83.4 Å². The molecule has 2 aliphatic rings. The summed E-state index contributed by atoms with van der Waals surface area (Å²) in [6, 6.07) is 7.35. The summed E-state index contributed by atoms with van der Waals surface area (Å²) in [6.07, 6.45) is 3.65. The van der Waals surface area contributed by atoms with E-state index in [1.807, 2.05) is 23.1 Å². The molecule has 2 heterocycles. The van der Waals surface area contributed by atoms with E-state index in [1.165, 1.54) is 11.8 Å². The van der Waals surface area contributed by atoms with Gasteiger partial charge in [-0.05, 0) is 30.9 Å². The van der Waals surface area contributed by atoms with E-state index in [1.54, 1.807) is 12.3 Å². The van der Waals surface area contributed by atoms with E-state index in [4.69, 9.17) is 4.74 Å². The van der Waals surface area contributed by atoms with Gasteiger partial charge in [0, 0.05) is 18.7 Å². The maximum atomic E-state index is 12.3. The molecule has 1 N–H and O–H groups in total. The SMILES string of the molecule is CC1CCN(C(=O)COc2ccccc2C=NN=C2NC(=O)CS2)CC1. The monoisotopic (exact) mass is 374 g/mol.